The van der Waals surface area contributed by atoms with Gasteiger partial charge in [0.1, 0.15) is 5.76 Å². The summed E-state index contributed by atoms with van der Waals surface area (Å²) in [5.41, 5.74) is 2.01. The van der Waals surface area contributed by atoms with Crippen LogP contribution in [-0.2, 0) is 26.0 Å². The lowest BCUT2D eigenvalue weighted by atomic mass is 10.1. The molecule has 0 atom stereocenters. The molecule has 1 N–H and O–H groups in total. The summed E-state index contributed by atoms with van der Waals surface area (Å²) in [6, 6.07) is 5.69. The molecule has 0 spiro atoms. The van der Waals surface area contributed by atoms with Crippen LogP contribution in [0.25, 0.3) is 0 Å². The Hall–Kier alpha value is -2.52. The summed E-state index contributed by atoms with van der Waals surface area (Å²) in [5.74, 6) is 0.123. The van der Waals surface area contributed by atoms with Gasteiger partial charge in [-0.3, -0.25) is 14.5 Å². The van der Waals surface area contributed by atoms with E-state index >= 15 is 0 Å². The highest BCUT2D eigenvalue weighted by Crippen LogP contribution is 2.24. The van der Waals surface area contributed by atoms with Crippen molar-refractivity contribution in [2.45, 2.75) is 38.0 Å². The second kappa shape index (κ2) is 7.00. The maximum atomic E-state index is 12.4. The summed E-state index contributed by atoms with van der Waals surface area (Å²) in [6.07, 6.45) is 0.833. The van der Waals surface area contributed by atoms with Gasteiger partial charge in [0.2, 0.25) is 21.8 Å². The van der Waals surface area contributed by atoms with Crippen LogP contribution in [0.3, 0.4) is 0 Å². The standard InChI is InChI=1S/C17H19N3O5S/c1-11-15(12(2)25-19-11)9-10-18-26(23,24)14-5-3-13(4-6-14)20-16(21)7-8-17(20)22/h3-6,18H,7-10H2,1-2H3. The Balaban J connectivity index is 1.67. The number of aryl methyl sites for hydroxylation is 2. The number of nitrogens with one attached hydrogen (secondary N) is 1. The molecule has 2 amide bonds. The lowest BCUT2D eigenvalue weighted by molar-refractivity contribution is -0.121. The lowest BCUT2D eigenvalue weighted by Crippen LogP contribution is -2.29. The van der Waals surface area contributed by atoms with E-state index in [0.717, 1.165) is 16.2 Å². The van der Waals surface area contributed by atoms with Crippen LogP contribution < -0.4 is 9.62 Å². The van der Waals surface area contributed by atoms with E-state index in [-0.39, 0.29) is 36.1 Å². The van der Waals surface area contributed by atoms with Crippen LogP contribution in [0.1, 0.15) is 29.9 Å². The van der Waals surface area contributed by atoms with Crippen molar-refractivity contribution in [1.29, 1.82) is 0 Å². The summed E-state index contributed by atoms with van der Waals surface area (Å²) in [6.45, 7) is 3.79. The third-order valence-electron chi connectivity index (χ3n) is 4.31. The van der Waals surface area contributed by atoms with Crippen molar-refractivity contribution in [3.63, 3.8) is 0 Å². The third-order valence-corrected chi connectivity index (χ3v) is 5.78. The van der Waals surface area contributed by atoms with E-state index in [1.165, 1.54) is 24.3 Å². The topological polar surface area (TPSA) is 110 Å². The summed E-state index contributed by atoms with van der Waals surface area (Å²) >= 11 is 0. The number of nitrogens with zero attached hydrogens (tertiary/aromatic N) is 2. The molecule has 3 rings (SSSR count). The zero-order valence-electron chi connectivity index (χ0n) is 14.5. The fourth-order valence-electron chi connectivity index (χ4n) is 2.89. The molecule has 0 radical (unpaired) electrons. The van der Waals surface area contributed by atoms with Crippen molar-refractivity contribution in [2.75, 3.05) is 11.4 Å². The van der Waals surface area contributed by atoms with Crippen molar-refractivity contribution in [3.8, 4) is 0 Å². The van der Waals surface area contributed by atoms with Crippen LogP contribution in [0, 0.1) is 13.8 Å². The molecule has 0 unspecified atom stereocenters. The number of anilines is 1. The molecule has 2 aromatic rings. The van der Waals surface area contributed by atoms with E-state index in [1.807, 2.05) is 0 Å². The minimum Gasteiger partial charge on any atom is -0.361 e. The molecule has 9 heteroatoms. The largest absolute Gasteiger partial charge is 0.361 e. The fourth-order valence-corrected chi connectivity index (χ4v) is 3.92. The molecule has 2 heterocycles. The van der Waals surface area contributed by atoms with E-state index in [0.29, 0.717) is 17.9 Å². The first-order chi connectivity index (χ1) is 12.3. The molecule has 1 aliphatic rings. The number of imide groups is 1. The van der Waals surface area contributed by atoms with Gasteiger partial charge < -0.3 is 4.52 Å². The number of amides is 2. The van der Waals surface area contributed by atoms with Gasteiger partial charge in [-0.05, 0) is 44.5 Å². The van der Waals surface area contributed by atoms with Gasteiger partial charge in [-0.25, -0.2) is 13.1 Å². The highest BCUT2D eigenvalue weighted by Gasteiger charge is 2.30. The summed E-state index contributed by atoms with van der Waals surface area (Å²) in [4.78, 5) is 24.6. The minimum atomic E-state index is -3.70. The molecule has 1 saturated heterocycles. The Morgan fingerprint density at radius 2 is 1.73 bits per heavy atom. The van der Waals surface area contributed by atoms with Crippen molar-refractivity contribution in [3.05, 3.63) is 41.3 Å². The Bertz CT molecular complexity index is 912. The predicted octanol–water partition coefficient (Wildman–Crippen LogP) is 1.47. The average Bonchev–Trinajstić information content (AvgIpc) is 3.10. The van der Waals surface area contributed by atoms with Crippen LogP contribution in [0.15, 0.2) is 33.7 Å². The van der Waals surface area contributed by atoms with Crippen LogP contribution >= 0.6 is 0 Å². The maximum absolute atomic E-state index is 12.4. The van der Waals surface area contributed by atoms with E-state index in [2.05, 4.69) is 9.88 Å². The highest BCUT2D eigenvalue weighted by molar-refractivity contribution is 7.89. The number of hydrogen-bond acceptors (Lipinski definition) is 6. The number of aromatic nitrogens is 1. The Morgan fingerprint density at radius 3 is 2.27 bits per heavy atom. The van der Waals surface area contributed by atoms with E-state index in [4.69, 9.17) is 4.52 Å². The lowest BCUT2D eigenvalue weighted by Gasteiger charge is -2.14. The molecular weight excluding hydrogens is 358 g/mol. The molecule has 26 heavy (non-hydrogen) atoms. The Labute approximate surface area is 151 Å². The first-order valence-electron chi connectivity index (χ1n) is 8.17. The number of sulfonamides is 1. The van der Waals surface area contributed by atoms with Crippen molar-refractivity contribution in [2.24, 2.45) is 0 Å². The predicted molar refractivity (Wildman–Crippen MR) is 93.0 cm³/mol. The zero-order valence-corrected chi connectivity index (χ0v) is 15.3. The smallest absolute Gasteiger partial charge is 0.240 e. The second-order valence-electron chi connectivity index (χ2n) is 6.07. The second-order valence-corrected chi connectivity index (χ2v) is 7.83. The van der Waals surface area contributed by atoms with Crippen LogP contribution in [0.2, 0.25) is 0 Å². The van der Waals surface area contributed by atoms with Crippen LogP contribution in [0.5, 0.6) is 0 Å². The van der Waals surface area contributed by atoms with Crippen LogP contribution in [0.4, 0.5) is 5.69 Å². The van der Waals surface area contributed by atoms with Crippen molar-refractivity contribution >= 4 is 27.5 Å². The molecule has 0 saturated carbocycles. The first kappa shape index (κ1) is 18.3. The molecule has 8 nitrogen and oxygen atoms in total. The number of benzene rings is 1. The molecule has 1 fully saturated rings. The van der Waals surface area contributed by atoms with Gasteiger partial charge in [-0.15, -0.1) is 0 Å². The van der Waals surface area contributed by atoms with Gasteiger partial charge in [0.25, 0.3) is 0 Å². The van der Waals surface area contributed by atoms with Crippen molar-refractivity contribution in [1.82, 2.24) is 9.88 Å². The molecule has 1 aromatic carbocycles. The molecule has 1 aromatic heterocycles. The molecule has 0 bridgehead atoms. The Kier molecular flexibility index (Phi) is 4.92. The monoisotopic (exact) mass is 377 g/mol. The first-order valence-corrected chi connectivity index (χ1v) is 9.65. The molecular formula is C17H19N3O5S. The van der Waals surface area contributed by atoms with Gasteiger partial charge in [0.05, 0.1) is 16.3 Å². The van der Waals surface area contributed by atoms with E-state index in [1.54, 1.807) is 13.8 Å². The number of carbonyl (C=O) groups is 2. The van der Waals surface area contributed by atoms with Gasteiger partial charge in [-0.2, -0.15) is 0 Å². The normalized spacial score (nSPS) is 15.1. The number of carbonyl (C=O) groups excluding carboxylic acids is 2. The SMILES string of the molecule is Cc1noc(C)c1CCNS(=O)(=O)c1ccc(N2C(=O)CCC2=O)cc1. The van der Waals surface area contributed by atoms with Gasteiger partial charge >= 0.3 is 0 Å². The zero-order chi connectivity index (χ0) is 18.9. The summed E-state index contributed by atoms with van der Waals surface area (Å²) in [7, 11) is -3.70. The fraction of sp³-hybridized carbons (Fsp3) is 0.353. The van der Waals surface area contributed by atoms with Gasteiger partial charge in [0.15, 0.2) is 0 Å². The highest BCUT2D eigenvalue weighted by atomic mass is 32.2. The average molecular weight is 377 g/mol. The quantitative estimate of drug-likeness (QED) is 0.764. The van der Waals surface area contributed by atoms with Crippen molar-refractivity contribution < 1.29 is 22.5 Å². The third kappa shape index (κ3) is 3.54. The minimum absolute atomic E-state index is 0.0686. The Morgan fingerprint density at radius 1 is 1.12 bits per heavy atom. The number of hydrogen-bond donors (Lipinski definition) is 1. The number of rotatable bonds is 6. The van der Waals surface area contributed by atoms with Crippen LogP contribution in [-0.4, -0.2) is 31.9 Å². The van der Waals surface area contributed by atoms with E-state index < -0.39 is 10.0 Å². The maximum Gasteiger partial charge on any atom is 0.240 e. The summed E-state index contributed by atoms with van der Waals surface area (Å²) in [5, 5.41) is 3.84. The summed E-state index contributed by atoms with van der Waals surface area (Å²) < 4.78 is 32.4. The van der Waals surface area contributed by atoms with E-state index in [9.17, 15) is 18.0 Å². The molecule has 138 valence electrons. The van der Waals surface area contributed by atoms with Gasteiger partial charge in [-0.1, -0.05) is 5.16 Å². The molecule has 0 aliphatic carbocycles. The molecule has 1 aliphatic heterocycles. The van der Waals surface area contributed by atoms with Gasteiger partial charge in [0, 0.05) is 24.9 Å².